The molecule has 0 N–H and O–H groups in total. The van der Waals surface area contributed by atoms with Crippen LogP contribution in [0.15, 0.2) is 48.5 Å². The maximum atomic E-state index is 11.7. The third-order valence-corrected chi connectivity index (χ3v) is 4.52. The van der Waals surface area contributed by atoms with Gasteiger partial charge in [0.15, 0.2) is 0 Å². The van der Waals surface area contributed by atoms with Crippen LogP contribution in [0.4, 0.5) is 0 Å². The van der Waals surface area contributed by atoms with E-state index in [1.54, 1.807) is 14.2 Å². The standard InChI is InChI=1S/C14H18O2.C8H10O/c1-16-13-7-4-5-11(10-13)9-12-6-2-3-8-14(12)15;1-7-4-3-5-8(6-7)9-2/h4-5,7,10,12H,2-3,6,8-9H2,1H3;3-6H,1-2H3. The molecule has 0 aliphatic heterocycles. The molecule has 0 amide bonds. The molecule has 3 rings (SSSR count). The van der Waals surface area contributed by atoms with Crippen molar-refractivity contribution in [1.29, 1.82) is 0 Å². The number of Topliss-reactive ketones (excluding diaryl/α,β-unsaturated/α-hetero) is 1. The second-order valence-corrected chi connectivity index (χ2v) is 6.49. The van der Waals surface area contributed by atoms with E-state index in [0.717, 1.165) is 37.2 Å². The van der Waals surface area contributed by atoms with Crippen molar-refractivity contribution in [3.63, 3.8) is 0 Å². The minimum Gasteiger partial charge on any atom is -0.497 e. The zero-order valence-electron chi connectivity index (χ0n) is 15.5. The van der Waals surface area contributed by atoms with Crippen molar-refractivity contribution in [2.75, 3.05) is 14.2 Å². The molecule has 2 aromatic carbocycles. The van der Waals surface area contributed by atoms with E-state index in [1.807, 2.05) is 49.4 Å². The van der Waals surface area contributed by atoms with Crippen LogP contribution in [-0.2, 0) is 11.2 Å². The third kappa shape index (κ3) is 6.26. The SMILES string of the molecule is COc1cccc(C)c1.COc1cccc(CC2CCCCC2=O)c1. The van der Waals surface area contributed by atoms with E-state index < -0.39 is 0 Å². The molecule has 1 aliphatic carbocycles. The number of aryl methyl sites for hydroxylation is 1. The van der Waals surface area contributed by atoms with Gasteiger partial charge in [-0.1, -0.05) is 30.7 Å². The minimum absolute atomic E-state index is 0.237. The van der Waals surface area contributed by atoms with Gasteiger partial charge >= 0.3 is 0 Å². The summed E-state index contributed by atoms with van der Waals surface area (Å²) in [4.78, 5) is 11.7. The van der Waals surface area contributed by atoms with Gasteiger partial charge < -0.3 is 9.47 Å². The van der Waals surface area contributed by atoms with Crippen LogP contribution >= 0.6 is 0 Å². The van der Waals surface area contributed by atoms with Crippen LogP contribution in [0.3, 0.4) is 0 Å². The van der Waals surface area contributed by atoms with Gasteiger partial charge in [0.2, 0.25) is 0 Å². The number of ketones is 1. The number of hydrogen-bond donors (Lipinski definition) is 0. The molecule has 2 aromatic rings. The zero-order valence-corrected chi connectivity index (χ0v) is 15.5. The van der Waals surface area contributed by atoms with Crippen LogP contribution in [0.5, 0.6) is 11.5 Å². The normalized spacial score (nSPS) is 16.6. The molecule has 25 heavy (non-hydrogen) atoms. The van der Waals surface area contributed by atoms with Crippen LogP contribution in [0.2, 0.25) is 0 Å². The van der Waals surface area contributed by atoms with Crippen molar-refractivity contribution in [3.8, 4) is 11.5 Å². The summed E-state index contributed by atoms with van der Waals surface area (Å²) < 4.78 is 10.2. The van der Waals surface area contributed by atoms with E-state index in [2.05, 4.69) is 6.07 Å². The summed E-state index contributed by atoms with van der Waals surface area (Å²) in [5, 5.41) is 0. The largest absolute Gasteiger partial charge is 0.497 e. The molecule has 3 heteroatoms. The van der Waals surface area contributed by atoms with Crippen LogP contribution in [0.25, 0.3) is 0 Å². The molecule has 0 spiro atoms. The highest BCUT2D eigenvalue weighted by atomic mass is 16.5. The molecule has 0 aromatic heterocycles. The molecule has 1 atom stereocenters. The molecule has 0 saturated heterocycles. The van der Waals surface area contributed by atoms with Crippen molar-refractivity contribution >= 4 is 5.78 Å². The molecule has 1 aliphatic rings. The third-order valence-electron chi connectivity index (χ3n) is 4.52. The Morgan fingerprint density at radius 2 is 1.64 bits per heavy atom. The van der Waals surface area contributed by atoms with Crippen LogP contribution in [0.1, 0.15) is 36.8 Å². The Bertz CT molecular complexity index is 678. The Labute approximate surface area is 151 Å². The fraction of sp³-hybridized carbons (Fsp3) is 0.409. The Morgan fingerprint density at radius 3 is 2.24 bits per heavy atom. The molecular formula is C22H28O3. The van der Waals surface area contributed by atoms with Crippen LogP contribution < -0.4 is 9.47 Å². The van der Waals surface area contributed by atoms with Crippen molar-refractivity contribution in [3.05, 3.63) is 59.7 Å². The van der Waals surface area contributed by atoms with Crippen LogP contribution in [0, 0.1) is 12.8 Å². The molecule has 0 radical (unpaired) electrons. The van der Waals surface area contributed by atoms with E-state index in [4.69, 9.17) is 9.47 Å². The molecule has 1 fully saturated rings. The molecule has 3 nitrogen and oxygen atoms in total. The van der Waals surface area contributed by atoms with E-state index in [-0.39, 0.29) is 5.92 Å². The van der Waals surface area contributed by atoms with Crippen molar-refractivity contribution in [2.45, 2.75) is 39.0 Å². The van der Waals surface area contributed by atoms with Crippen LogP contribution in [-0.4, -0.2) is 20.0 Å². The lowest BCUT2D eigenvalue weighted by molar-refractivity contribution is -0.124. The summed E-state index contributed by atoms with van der Waals surface area (Å²) in [7, 11) is 3.35. The Hall–Kier alpha value is -2.29. The lowest BCUT2D eigenvalue weighted by atomic mass is 9.84. The second kappa shape index (κ2) is 9.87. The molecule has 0 bridgehead atoms. The molecule has 1 saturated carbocycles. The fourth-order valence-corrected chi connectivity index (χ4v) is 3.10. The molecule has 134 valence electrons. The van der Waals surface area contributed by atoms with E-state index in [1.165, 1.54) is 17.5 Å². The van der Waals surface area contributed by atoms with Gasteiger partial charge in [-0.2, -0.15) is 0 Å². The van der Waals surface area contributed by atoms with E-state index in [0.29, 0.717) is 5.78 Å². The Balaban J connectivity index is 0.000000212. The van der Waals surface area contributed by atoms with Gasteiger partial charge in [0.1, 0.15) is 17.3 Å². The summed E-state index contributed by atoms with van der Waals surface area (Å²) in [6.45, 7) is 2.04. The zero-order chi connectivity index (χ0) is 18.1. The number of carbonyl (C=O) groups is 1. The fourth-order valence-electron chi connectivity index (χ4n) is 3.10. The number of methoxy groups -OCH3 is 2. The minimum atomic E-state index is 0.237. The summed E-state index contributed by atoms with van der Waals surface area (Å²) in [6.07, 6.45) is 4.97. The molecular weight excluding hydrogens is 312 g/mol. The average molecular weight is 340 g/mol. The highest BCUT2D eigenvalue weighted by Gasteiger charge is 2.22. The summed E-state index contributed by atoms with van der Waals surface area (Å²) in [5.41, 5.74) is 2.44. The highest BCUT2D eigenvalue weighted by molar-refractivity contribution is 5.81. The smallest absolute Gasteiger partial charge is 0.136 e. The maximum Gasteiger partial charge on any atom is 0.136 e. The summed E-state index contributed by atoms with van der Waals surface area (Å²) >= 11 is 0. The first-order valence-electron chi connectivity index (χ1n) is 8.88. The predicted molar refractivity (Wildman–Crippen MR) is 101 cm³/mol. The van der Waals surface area contributed by atoms with Crippen molar-refractivity contribution in [1.82, 2.24) is 0 Å². The predicted octanol–water partition coefficient (Wildman–Crippen LogP) is 5.00. The van der Waals surface area contributed by atoms with Gasteiger partial charge in [-0.15, -0.1) is 0 Å². The van der Waals surface area contributed by atoms with Gasteiger partial charge in [-0.3, -0.25) is 4.79 Å². The number of rotatable bonds is 4. The number of ether oxygens (including phenoxy) is 2. The van der Waals surface area contributed by atoms with Gasteiger partial charge in [0.05, 0.1) is 14.2 Å². The van der Waals surface area contributed by atoms with Gasteiger partial charge in [-0.05, 0) is 61.6 Å². The first kappa shape index (κ1) is 19.0. The topological polar surface area (TPSA) is 35.5 Å². The number of benzene rings is 2. The van der Waals surface area contributed by atoms with Crippen molar-refractivity contribution < 1.29 is 14.3 Å². The molecule has 1 unspecified atom stereocenters. The molecule has 0 heterocycles. The Morgan fingerprint density at radius 1 is 0.960 bits per heavy atom. The van der Waals surface area contributed by atoms with Gasteiger partial charge in [0, 0.05) is 12.3 Å². The monoisotopic (exact) mass is 340 g/mol. The quantitative estimate of drug-likeness (QED) is 0.785. The summed E-state index contributed by atoms with van der Waals surface area (Å²) in [6, 6.07) is 16.0. The second-order valence-electron chi connectivity index (χ2n) is 6.49. The van der Waals surface area contributed by atoms with E-state index >= 15 is 0 Å². The van der Waals surface area contributed by atoms with Gasteiger partial charge in [-0.25, -0.2) is 0 Å². The first-order valence-corrected chi connectivity index (χ1v) is 8.88. The number of hydrogen-bond acceptors (Lipinski definition) is 3. The Kier molecular flexibility index (Phi) is 7.52. The maximum absolute atomic E-state index is 11.7. The lowest BCUT2D eigenvalue weighted by Crippen LogP contribution is -2.20. The van der Waals surface area contributed by atoms with E-state index in [9.17, 15) is 4.79 Å². The van der Waals surface area contributed by atoms with Gasteiger partial charge in [0.25, 0.3) is 0 Å². The lowest BCUT2D eigenvalue weighted by Gasteiger charge is -2.20. The highest BCUT2D eigenvalue weighted by Crippen LogP contribution is 2.25. The number of carbonyl (C=O) groups excluding carboxylic acids is 1. The first-order chi connectivity index (χ1) is 12.1. The summed E-state index contributed by atoms with van der Waals surface area (Å²) in [5.74, 6) is 2.48. The van der Waals surface area contributed by atoms with Crippen molar-refractivity contribution in [2.24, 2.45) is 5.92 Å². The average Bonchev–Trinajstić information content (AvgIpc) is 2.64.